The molecule has 0 heterocycles. The lowest BCUT2D eigenvalue weighted by atomic mass is 10.0. The van der Waals surface area contributed by atoms with Crippen LogP contribution in [0.25, 0.3) is 0 Å². The fraction of sp³-hybridized carbons (Fsp3) is 0.789. The lowest BCUT2D eigenvalue weighted by Crippen LogP contribution is -2.57. The van der Waals surface area contributed by atoms with E-state index in [1.807, 2.05) is 13.8 Å². The number of hydrogen-bond acceptors (Lipinski definition) is 5. The second-order valence-corrected chi connectivity index (χ2v) is 13.5. The van der Waals surface area contributed by atoms with Gasteiger partial charge >= 0.3 is 5.97 Å². The molecule has 0 saturated heterocycles. The molecule has 0 rings (SSSR count). The fourth-order valence-corrected chi connectivity index (χ4v) is 3.60. The van der Waals surface area contributed by atoms with Gasteiger partial charge in [-0.25, -0.2) is 4.79 Å². The van der Waals surface area contributed by atoms with Crippen LogP contribution in [-0.4, -0.2) is 45.0 Å². The third-order valence-corrected chi connectivity index (χ3v) is 9.29. The highest BCUT2D eigenvalue weighted by Crippen LogP contribution is 2.37. The first-order valence-electron chi connectivity index (χ1n) is 9.24. The van der Waals surface area contributed by atoms with Crippen molar-refractivity contribution in [3.63, 3.8) is 0 Å². The van der Waals surface area contributed by atoms with E-state index < -0.39 is 32.5 Å². The Morgan fingerprint density at radius 3 is 2.19 bits per heavy atom. The predicted molar refractivity (Wildman–Crippen MR) is 108 cm³/mol. The molecule has 3 atom stereocenters. The maximum atomic E-state index is 12.5. The van der Waals surface area contributed by atoms with Crippen LogP contribution < -0.4 is 11.1 Å². The molecule has 0 aliphatic heterocycles. The molecule has 0 saturated carbocycles. The molecule has 0 unspecified atom stereocenters. The van der Waals surface area contributed by atoms with Crippen molar-refractivity contribution < 1.29 is 18.8 Å². The lowest BCUT2D eigenvalue weighted by Gasteiger charge is -2.40. The number of carbonyl (C=O) groups is 2. The Kier molecular flexibility index (Phi) is 9.76. The smallest absolute Gasteiger partial charge is 0.331 e. The predicted octanol–water partition coefficient (Wildman–Crippen LogP) is 2.98. The van der Waals surface area contributed by atoms with E-state index in [0.717, 1.165) is 0 Å². The summed E-state index contributed by atoms with van der Waals surface area (Å²) in [4.78, 5) is 24.9. The summed E-state index contributed by atoms with van der Waals surface area (Å²) in [7, 11) is -2.12. The van der Waals surface area contributed by atoms with Gasteiger partial charge < -0.3 is 20.2 Å². The third-order valence-electron chi connectivity index (χ3n) is 4.71. The molecule has 0 aliphatic carbocycles. The number of esters is 1. The van der Waals surface area contributed by atoms with Gasteiger partial charge in [0.15, 0.2) is 14.4 Å². The van der Waals surface area contributed by atoms with Gasteiger partial charge in [0.05, 0.1) is 12.1 Å². The first-order valence-corrected chi connectivity index (χ1v) is 12.1. The van der Waals surface area contributed by atoms with Crippen molar-refractivity contribution in [3.8, 4) is 0 Å². The number of carbonyl (C=O) groups excluding carboxylic acids is 2. The first-order chi connectivity index (χ1) is 11.7. The Hall–Kier alpha value is -1.18. The zero-order valence-corrected chi connectivity index (χ0v) is 18.7. The molecule has 0 bridgehead atoms. The van der Waals surface area contributed by atoms with Gasteiger partial charge in [-0.15, -0.1) is 0 Å². The number of amides is 1. The van der Waals surface area contributed by atoms with Gasteiger partial charge in [0, 0.05) is 0 Å². The number of hydrogen-bond donors (Lipinski definition) is 2. The standard InChI is InChI=1S/C19H38N2O4Si/c1-10-11-24-18(23)16(21-17(22)15(20)12-13(2)3)14(4)25-26(8,9)19(5,6)7/h10,13-16H,1,11-12,20H2,2-9H3,(H,21,22)/t14-,15-,16+/m0/s1. The molecule has 0 radical (unpaired) electrons. The van der Waals surface area contributed by atoms with E-state index in [4.69, 9.17) is 14.9 Å². The molecule has 1 amide bonds. The molecule has 6 nitrogen and oxygen atoms in total. The minimum atomic E-state index is -2.12. The highest BCUT2D eigenvalue weighted by molar-refractivity contribution is 6.74. The summed E-state index contributed by atoms with van der Waals surface area (Å²) in [5.74, 6) is -0.631. The van der Waals surface area contributed by atoms with Crippen LogP contribution in [0.3, 0.4) is 0 Å². The first kappa shape index (κ1) is 24.8. The van der Waals surface area contributed by atoms with Crippen molar-refractivity contribution >= 4 is 20.2 Å². The average Bonchev–Trinajstić information content (AvgIpc) is 2.47. The minimum Gasteiger partial charge on any atom is -0.460 e. The third kappa shape index (κ3) is 8.01. The zero-order valence-electron chi connectivity index (χ0n) is 17.7. The Morgan fingerprint density at radius 1 is 1.23 bits per heavy atom. The van der Waals surface area contributed by atoms with E-state index in [9.17, 15) is 9.59 Å². The quantitative estimate of drug-likeness (QED) is 0.342. The van der Waals surface area contributed by atoms with Crippen LogP contribution in [-0.2, 0) is 18.8 Å². The summed E-state index contributed by atoms with van der Waals surface area (Å²) in [6, 6.07) is -1.58. The molecule has 0 aromatic carbocycles. The van der Waals surface area contributed by atoms with Gasteiger partial charge in [0.25, 0.3) is 0 Å². The van der Waals surface area contributed by atoms with Gasteiger partial charge in [0.2, 0.25) is 5.91 Å². The van der Waals surface area contributed by atoms with E-state index in [1.54, 1.807) is 6.92 Å². The maximum absolute atomic E-state index is 12.5. The van der Waals surface area contributed by atoms with Crippen LogP contribution in [0.15, 0.2) is 12.7 Å². The van der Waals surface area contributed by atoms with Crippen molar-refractivity contribution in [1.82, 2.24) is 5.32 Å². The second kappa shape index (κ2) is 10.2. The SMILES string of the molecule is C=CCOC(=O)[C@H](NC(=O)[C@@H](N)CC(C)C)[C@H](C)O[Si](C)(C)C(C)(C)C. The van der Waals surface area contributed by atoms with Gasteiger partial charge in [-0.2, -0.15) is 0 Å². The van der Waals surface area contributed by atoms with Crippen molar-refractivity contribution in [3.05, 3.63) is 12.7 Å². The molecule has 152 valence electrons. The summed E-state index contributed by atoms with van der Waals surface area (Å²) >= 11 is 0. The lowest BCUT2D eigenvalue weighted by molar-refractivity contribution is -0.149. The summed E-state index contributed by atoms with van der Waals surface area (Å²) in [5.41, 5.74) is 5.95. The molecule has 0 aromatic rings. The van der Waals surface area contributed by atoms with E-state index in [0.29, 0.717) is 6.42 Å². The molecular formula is C19H38N2O4Si. The fourth-order valence-electron chi connectivity index (χ4n) is 2.18. The summed E-state index contributed by atoms with van der Waals surface area (Å²) in [5, 5.41) is 2.71. The Labute approximate surface area is 160 Å². The van der Waals surface area contributed by atoms with E-state index >= 15 is 0 Å². The minimum absolute atomic E-state index is 0.0190. The maximum Gasteiger partial charge on any atom is 0.331 e. The van der Waals surface area contributed by atoms with Gasteiger partial charge in [-0.1, -0.05) is 47.3 Å². The number of nitrogens with one attached hydrogen (secondary N) is 1. The van der Waals surface area contributed by atoms with Gasteiger partial charge in [-0.3, -0.25) is 4.79 Å². The highest BCUT2D eigenvalue weighted by atomic mass is 28.4. The normalized spacial score (nSPS) is 15.9. The molecule has 0 fully saturated rings. The van der Waals surface area contributed by atoms with Crippen LogP contribution in [0.1, 0.15) is 48.0 Å². The highest BCUT2D eigenvalue weighted by Gasteiger charge is 2.41. The Balaban J connectivity index is 5.30. The van der Waals surface area contributed by atoms with Crippen molar-refractivity contribution in [1.29, 1.82) is 0 Å². The zero-order chi connectivity index (χ0) is 20.7. The second-order valence-electron chi connectivity index (χ2n) is 8.72. The van der Waals surface area contributed by atoms with Crippen LogP contribution >= 0.6 is 0 Å². The van der Waals surface area contributed by atoms with Gasteiger partial charge in [-0.05, 0) is 37.4 Å². The van der Waals surface area contributed by atoms with Crippen molar-refractivity contribution in [2.24, 2.45) is 11.7 Å². The van der Waals surface area contributed by atoms with Crippen molar-refractivity contribution in [2.45, 2.75) is 84.3 Å². The monoisotopic (exact) mass is 386 g/mol. The Bertz CT molecular complexity index is 486. The van der Waals surface area contributed by atoms with E-state index in [1.165, 1.54) is 6.08 Å². The molecule has 0 aliphatic rings. The number of rotatable bonds is 10. The van der Waals surface area contributed by atoms with Crippen LogP contribution in [0.4, 0.5) is 0 Å². The average molecular weight is 387 g/mol. The molecule has 7 heteroatoms. The van der Waals surface area contributed by atoms with Crippen LogP contribution in [0.2, 0.25) is 18.1 Å². The van der Waals surface area contributed by atoms with E-state index in [-0.39, 0.29) is 23.5 Å². The Morgan fingerprint density at radius 2 is 1.77 bits per heavy atom. The largest absolute Gasteiger partial charge is 0.460 e. The van der Waals surface area contributed by atoms with E-state index in [2.05, 4.69) is 45.8 Å². The van der Waals surface area contributed by atoms with Crippen molar-refractivity contribution in [2.75, 3.05) is 6.61 Å². The topological polar surface area (TPSA) is 90.7 Å². The molecule has 0 spiro atoms. The molecule has 0 aromatic heterocycles. The summed E-state index contributed by atoms with van der Waals surface area (Å²) < 4.78 is 11.4. The van der Waals surface area contributed by atoms with Crippen LogP contribution in [0.5, 0.6) is 0 Å². The molecule has 26 heavy (non-hydrogen) atoms. The number of nitrogens with two attached hydrogens (primary N) is 1. The van der Waals surface area contributed by atoms with Crippen LogP contribution in [0, 0.1) is 5.92 Å². The molecular weight excluding hydrogens is 348 g/mol. The number of ether oxygens (including phenoxy) is 1. The summed E-state index contributed by atoms with van der Waals surface area (Å²) in [6.45, 7) is 19.9. The summed E-state index contributed by atoms with van der Waals surface area (Å²) in [6.07, 6.45) is 1.50. The van der Waals surface area contributed by atoms with Gasteiger partial charge in [0.1, 0.15) is 6.61 Å². The molecule has 3 N–H and O–H groups in total.